The van der Waals surface area contributed by atoms with Gasteiger partial charge in [-0.05, 0) is 42.5 Å². The quantitative estimate of drug-likeness (QED) is 0.805. The summed E-state index contributed by atoms with van der Waals surface area (Å²) in [6.07, 6.45) is 2.57. The van der Waals surface area contributed by atoms with Gasteiger partial charge >= 0.3 is 0 Å². The fraction of sp³-hybridized carbons (Fsp3) is 1.00. The summed E-state index contributed by atoms with van der Waals surface area (Å²) in [7, 11) is 0. The second-order valence-corrected chi connectivity index (χ2v) is 8.32. The van der Waals surface area contributed by atoms with Crippen LogP contribution < -0.4 is 5.73 Å². The van der Waals surface area contributed by atoms with Crippen LogP contribution >= 0.6 is 11.8 Å². The van der Waals surface area contributed by atoms with Crippen LogP contribution in [0, 0.1) is 10.8 Å². The number of nitrogens with zero attached hydrogens (tertiary/aromatic N) is 1. The fourth-order valence-corrected chi connectivity index (χ4v) is 4.49. The number of hydrogen-bond acceptors (Lipinski definition) is 3. The summed E-state index contributed by atoms with van der Waals surface area (Å²) >= 11 is 2.12. The minimum atomic E-state index is 0.230. The molecule has 1 heterocycles. The van der Waals surface area contributed by atoms with E-state index in [2.05, 4.69) is 51.3 Å². The highest BCUT2D eigenvalue weighted by Crippen LogP contribution is 2.38. The van der Waals surface area contributed by atoms with Crippen LogP contribution in [0.5, 0.6) is 0 Å². The van der Waals surface area contributed by atoms with Crippen molar-refractivity contribution >= 4 is 11.8 Å². The monoisotopic (exact) mass is 272 g/mol. The summed E-state index contributed by atoms with van der Waals surface area (Å²) in [5.41, 5.74) is 6.60. The van der Waals surface area contributed by atoms with Crippen molar-refractivity contribution in [2.24, 2.45) is 16.6 Å². The molecule has 1 unspecified atom stereocenters. The normalized spacial score (nSPS) is 24.5. The number of nitrogens with two attached hydrogens (primary N) is 1. The third-order valence-corrected chi connectivity index (χ3v) is 5.25. The van der Waals surface area contributed by atoms with Crippen molar-refractivity contribution in [2.45, 2.75) is 53.5 Å². The van der Waals surface area contributed by atoms with E-state index in [9.17, 15) is 0 Å². The first-order valence-electron chi connectivity index (χ1n) is 7.34. The van der Waals surface area contributed by atoms with Crippen LogP contribution in [0.25, 0.3) is 0 Å². The Morgan fingerprint density at radius 1 is 1.39 bits per heavy atom. The zero-order valence-electron chi connectivity index (χ0n) is 13.0. The van der Waals surface area contributed by atoms with Gasteiger partial charge in [0.25, 0.3) is 0 Å². The average Bonchev–Trinajstić information content (AvgIpc) is 2.28. The molecule has 0 amide bonds. The van der Waals surface area contributed by atoms with E-state index < -0.39 is 0 Å². The van der Waals surface area contributed by atoms with Crippen LogP contribution in [0.1, 0.15) is 47.5 Å². The van der Waals surface area contributed by atoms with Gasteiger partial charge < -0.3 is 5.73 Å². The molecule has 0 radical (unpaired) electrons. The second kappa shape index (κ2) is 6.62. The lowest BCUT2D eigenvalue weighted by Crippen LogP contribution is -2.53. The molecule has 0 aliphatic carbocycles. The predicted octanol–water partition coefficient (Wildman–Crippen LogP) is 3.22. The molecule has 1 aliphatic rings. The first-order chi connectivity index (χ1) is 8.32. The van der Waals surface area contributed by atoms with Crippen molar-refractivity contribution in [1.29, 1.82) is 0 Å². The standard InChI is InChI=1S/C15H32N2S/c1-6-8-17(12-14(2,3)11-16)13-10-18-9-7-15(13,4)5/h13H,6-12,16H2,1-5H3. The van der Waals surface area contributed by atoms with Crippen LogP contribution in [0.2, 0.25) is 0 Å². The Hall–Kier alpha value is 0.270. The van der Waals surface area contributed by atoms with Crippen molar-refractivity contribution in [3.63, 3.8) is 0 Å². The Morgan fingerprint density at radius 3 is 2.56 bits per heavy atom. The van der Waals surface area contributed by atoms with Crippen molar-refractivity contribution in [3.8, 4) is 0 Å². The first kappa shape index (κ1) is 16.3. The number of hydrogen-bond donors (Lipinski definition) is 1. The Bertz CT molecular complexity index is 251. The average molecular weight is 273 g/mol. The Morgan fingerprint density at radius 2 is 2.06 bits per heavy atom. The topological polar surface area (TPSA) is 29.3 Å². The van der Waals surface area contributed by atoms with Gasteiger partial charge in [0.1, 0.15) is 0 Å². The fourth-order valence-electron chi connectivity index (χ4n) is 2.77. The molecule has 1 atom stereocenters. The Balaban J connectivity index is 2.76. The number of rotatable bonds is 6. The maximum atomic E-state index is 5.92. The molecule has 3 heteroatoms. The van der Waals surface area contributed by atoms with Crippen molar-refractivity contribution < 1.29 is 0 Å². The van der Waals surface area contributed by atoms with E-state index in [-0.39, 0.29) is 5.41 Å². The molecule has 1 rings (SSSR count). The van der Waals surface area contributed by atoms with E-state index in [0.29, 0.717) is 11.5 Å². The molecule has 0 aromatic rings. The third kappa shape index (κ3) is 4.43. The number of thioether (sulfide) groups is 1. The van der Waals surface area contributed by atoms with Crippen molar-refractivity contribution in [3.05, 3.63) is 0 Å². The molecule has 18 heavy (non-hydrogen) atoms. The summed E-state index contributed by atoms with van der Waals surface area (Å²) in [6, 6.07) is 0.710. The molecule has 2 N–H and O–H groups in total. The van der Waals surface area contributed by atoms with E-state index in [1.54, 1.807) is 0 Å². The van der Waals surface area contributed by atoms with Crippen LogP contribution in [0.15, 0.2) is 0 Å². The molecule has 0 aromatic heterocycles. The van der Waals surface area contributed by atoms with Crippen molar-refractivity contribution in [2.75, 3.05) is 31.1 Å². The van der Waals surface area contributed by atoms with Gasteiger partial charge in [-0.25, -0.2) is 0 Å². The highest BCUT2D eigenvalue weighted by Gasteiger charge is 2.37. The molecule has 0 bridgehead atoms. The lowest BCUT2D eigenvalue weighted by atomic mass is 9.80. The van der Waals surface area contributed by atoms with Gasteiger partial charge in [0.2, 0.25) is 0 Å². The van der Waals surface area contributed by atoms with E-state index in [0.717, 1.165) is 13.1 Å². The molecule has 0 saturated carbocycles. The molecule has 108 valence electrons. The second-order valence-electron chi connectivity index (χ2n) is 7.17. The van der Waals surface area contributed by atoms with Gasteiger partial charge in [-0.2, -0.15) is 11.8 Å². The maximum Gasteiger partial charge on any atom is 0.0238 e. The van der Waals surface area contributed by atoms with Gasteiger partial charge in [0.05, 0.1) is 0 Å². The van der Waals surface area contributed by atoms with Crippen LogP contribution in [-0.2, 0) is 0 Å². The molecule has 1 saturated heterocycles. The van der Waals surface area contributed by atoms with Gasteiger partial charge in [0, 0.05) is 18.3 Å². The van der Waals surface area contributed by atoms with E-state index >= 15 is 0 Å². The highest BCUT2D eigenvalue weighted by molar-refractivity contribution is 7.99. The van der Waals surface area contributed by atoms with Crippen LogP contribution in [0.3, 0.4) is 0 Å². The largest absolute Gasteiger partial charge is 0.330 e. The molecule has 1 aliphatic heterocycles. The van der Waals surface area contributed by atoms with Gasteiger partial charge in [-0.1, -0.05) is 34.6 Å². The molecule has 0 aromatic carbocycles. The predicted molar refractivity (Wildman–Crippen MR) is 84.2 cm³/mol. The third-order valence-electron chi connectivity index (χ3n) is 4.20. The molecular formula is C15H32N2S. The smallest absolute Gasteiger partial charge is 0.0238 e. The Labute approximate surface area is 118 Å². The van der Waals surface area contributed by atoms with E-state index in [4.69, 9.17) is 5.73 Å². The zero-order valence-corrected chi connectivity index (χ0v) is 13.8. The molecular weight excluding hydrogens is 240 g/mol. The van der Waals surface area contributed by atoms with Gasteiger partial charge in [-0.15, -0.1) is 0 Å². The summed E-state index contributed by atoms with van der Waals surface area (Å²) in [5, 5.41) is 0. The summed E-state index contributed by atoms with van der Waals surface area (Å²) in [6.45, 7) is 14.9. The summed E-state index contributed by atoms with van der Waals surface area (Å²) < 4.78 is 0. The maximum absolute atomic E-state index is 5.92. The minimum absolute atomic E-state index is 0.230. The summed E-state index contributed by atoms with van der Waals surface area (Å²) in [5.74, 6) is 2.61. The summed E-state index contributed by atoms with van der Waals surface area (Å²) in [4.78, 5) is 2.71. The van der Waals surface area contributed by atoms with Gasteiger partial charge in [0.15, 0.2) is 0 Å². The zero-order chi connectivity index (χ0) is 13.8. The van der Waals surface area contributed by atoms with Crippen LogP contribution in [0.4, 0.5) is 0 Å². The molecule has 2 nitrogen and oxygen atoms in total. The lowest BCUT2D eigenvalue weighted by molar-refractivity contribution is 0.0644. The Kier molecular flexibility index (Phi) is 6.01. The highest BCUT2D eigenvalue weighted by atomic mass is 32.2. The molecule has 0 spiro atoms. The first-order valence-corrected chi connectivity index (χ1v) is 8.50. The van der Waals surface area contributed by atoms with E-state index in [1.807, 2.05) is 0 Å². The van der Waals surface area contributed by atoms with Gasteiger partial charge in [-0.3, -0.25) is 4.90 Å². The van der Waals surface area contributed by atoms with E-state index in [1.165, 1.54) is 30.9 Å². The van der Waals surface area contributed by atoms with Crippen molar-refractivity contribution in [1.82, 2.24) is 4.90 Å². The minimum Gasteiger partial charge on any atom is -0.330 e. The van der Waals surface area contributed by atoms with Crippen LogP contribution in [-0.4, -0.2) is 42.1 Å². The lowest BCUT2D eigenvalue weighted by Gasteiger charge is -2.47. The SMILES string of the molecule is CCCN(CC(C)(C)CN)C1CSCCC1(C)C. The molecule has 1 fully saturated rings.